The highest BCUT2D eigenvalue weighted by molar-refractivity contribution is 5.72. The van der Waals surface area contributed by atoms with Crippen molar-refractivity contribution >= 4 is 5.97 Å². The number of unbranched alkanes of at least 4 members (excludes halogenated alkanes) is 3. The number of carboxylic acid groups (broad SMARTS) is 1. The standard InChI is InChI=1S/C27H40O5/c1-3-5-7-8-12-26(27(28)29)31-21-11-9-10-20(18-21)19-23-22(15-17-30-16-6-4-2)24-13-14-25(23)32-24/h4,9-11,18,22-26H,2-3,5-8,12-17,19H2,1H3,(H,28,29). The minimum atomic E-state index is -0.884. The third-order valence-corrected chi connectivity index (χ3v) is 6.90. The molecule has 5 unspecified atom stereocenters. The molecule has 3 rings (SSSR count). The molecule has 5 heteroatoms. The van der Waals surface area contributed by atoms with E-state index in [0.717, 1.165) is 71.0 Å². The van der Waals surface area contributed by atoms with Gasteiger partial charge in [0.2, 0.25) is 0 Å². The van der Waals surface area contributed by atoms with E-state index in [0.29, 0.717) is 36.2 Å². The number of hydrogen-bond acceptors (Lipinski definition) is 4. The first kappa shape index (κ1) is 24.8. The van der Waals surface area contributed by atoms with Crippen LogP contribution in [0.4, 0.5) is 0 Å². The Bertz CT molecular complexity index is 718. The molecule has 2 bridgehead atoms. The zero-order chi connectivity index (χ0) is 22.8. The summed E-state index contributed by atoms with van der Waals surface area (Å²) in [4.78, 5) is 11.7. The van der Waals surface area contributed by atoms with Gasteiger partial charge in [-0.25, -0.2) is 4.79 Å². The Kier molecular flexibility index (Phi) is 10.1. The Morgan fingerprint density at radius 3 is 2.78 bits per heavy atom. The van der Waals surface area contributed by atoms with Crippen LogP contribution >= 0.6 is 0 Å². The zero-order valence-corrected chi connectivity index (χ0v) is 19.5. The number of hydrogen-bond donors (Lipinski definition) is 1. The van der Waals surface area contributed by atoms with Crippen LogP contribution in [0, 0.1) is 11.8 Å². The van der Waals surface area contributed by atoms with Gasteiger partial charge in [0.1, 0.15) is 5.75 Å². The fourth-order valence-electron chi connectivity index (χ4n) is 5.21. The van der Waals surface area contributed by atoms with Crippen molar-refractivity contribution in [3.8, 4) is 5.75 Å². The van der Waals surface area contributed by atoms with Gasteiger partial charge in [-0.05, 0) is 74.5 Å². The molecule has 2 aliphatic heterocycles. The molecule has 1 N–H and O–H groups in total. The third kappa shape index (κ3) is 7.08. The maximum Gasteiger partial charge on any atom is 0.344 e. The quantitative estimate of drug-likeness (QED) is 0.258. The zero-order valence-electron chi connectivity index (χ0n) is 19.5. The van der Waals surface area contributed by atoms with Crippen LogP contribution in [0.15, 0.2) is 36.9 Å². The molecule has 0 aliphatic carbocycles. The van der Waals surface area contributed by atoms with Crippen molar-refractivity contribution in [3.05, 3.63) is 42.5 Å². The molecular weight excluding hydrogens is 404 g/mol. The fraction of sp³-hybridized carbons (Fsp3) is 0.667. The second kappa shape index (κ2) is 13.0. The lowest BCUT2D eigenvalue weighted by molar-refractivity contribution is -0.145. The van der Waals surface area contributed by atoms with Crippen molar-refractivity contribution in [1.82, 2.24) is 0 Å². The van der Waals surface area contributed by atoms with E-state index in [1.807, 2.05) is 24.3 Å². The summed E-state index contributed by atoms with van der Waals surface area (Å²) >= 11 is 0. The van der Waals surface area contributed by atoms with E-state index in [-0.39, 0.29) is 0 Å². The summed E-state index contributed by atoms with van der Waals surface area (Å²) in [5.74, 6) is 0.771. The maximum atomic E-state index is 11.7. The maximum absolute atomic E-state index is 11.7. The average molecular weight is 445 g/mol. The molecule has 0 radical (unpaired) electrons. The van der Waals surface area contributed by atoms with Crippen molar-refractivity contribution in [2.75, 3.05) is 13.2 Å². The Morgan fingerprint density at radius 2 is 2.03 bits per heavy atom. The van der Waals surface area contributed by atoms with Gasteiger partial charge in [0, 0.05) is 13.2 Å². The lowest BCUT2D eigenvalue weighted by Crippen LogP contribution is -2.30. The summed E-state index contributed by atoms with van der Waals surface area (Å²) in [5.41, 5.74) is 1.19. The van der Waals surface area contributed by atoms with Gasteiger partial charge in [-0.3, -0.25) is 0 Å². The molecule has 2 heterocycles. The molecular formula is C27H40O5. The molecule has 178 valence electrons. The van der Waals surface area contributed by atoms with Gasteiger partial charge >= 0.3 is 5.97 Å². The number of benzene rings is 1. The van der Waals surface area contributed by atoms with Crippen LogP contribution in [0.2, 0.25) is 0 Å². The highest BCUT2D eigenvalue weighted by atomic mass is 16.5. The Hall–Kier alpha value is -1.85. The summed E-state index contributed by atoms with van der Waals surface area (Å²) in [5, 5.41) is 9.57. The molecule has 1 aromatic rings. The molecule has 0 aromatic heterocycles. The number of rotatable bonds is 16. The summed E-state index contributed by atoms with van der Waals surface area (Å²) in [7, 11) is 0. The number of fused-ring (bicyclic) bond motifs is 2. The Labute approximate surface area is 193 Å². The predicted octanol–water partition coefficient (Wildman–Crippen LogP) is 5.81. The number of ether oxygens (including phenoxy) is 3. The van der Waals surface area contributed by atoms with E-state index in [1.54, 1.807) is 0 Å². The van der Waals surface area contributed by atoms with Crippen LogP contribution in [0.5, 0.6) is 5.75 Å². The van der Waals surface area contributed by atoms with Gasteiger partial charge in [-0.2, -0.15) is 0 Å². The monoisotopic (exact) mass is 444 g/mol. The van der Waals surface area contributed by atoms with Crippen molar-refractivity contribution < 1.29 is 24.1 Å². The van der Waals surface area contributed by atoms with Gasteiger partial charge in [-0.15, -0.1) is 6.58 Å². The molecule has 2 fully saturated rings. The van der Waals surface area contributed by atoms with Crippen LogP contribution in [0.1, 0.15) is 70.3 Å². The molecule has 5 atom stereocenters. The fourth-order valence-corrected chi connectivity index (χ4v) is 5.21. The minimum Gasteiger partial charge on any atom is -0.479 e. The summed E-state index contributed by atoms with van der Waals surface area (Å²) in [6.45, 7) is 7.39. The van der Waals surface area contributed by atoms with Gasteiger partial charge in [0.05, 0.1) is 12.2 Å². The van der Waals surface area contributed by atoms with Crippen molar-refractivity contribution in [1.29, 1.82) is 0 Å². The average Bonchev–Trinajstić information content (AvgIpc) is 3.38. The lowest BCUT2D eigenvalue weighted by atomic mass is 9.75. The van der Waals surface area contributed by atoms with E-state index < -0.39 is 12.1 Å². The second-order valence-corrected chi connectivity index (χ2v) is 9.24. The first-order valence-corrected chi connectivity index (χ1v) is 12.4. The normalized spacial score (nSPS) is 25.0. The Balaban J connectivity index is 1.56. The first-order chi connectivity index (χ1) is 15.6. The van der Waals surface area contributed by atoms with Crippen molar-refractivity contribution in [2.45, 2.75) is 89.4 Å². The highest BCUT2D eigenvalue weighted by Gasteiger charge is 2.48. The van der Waals surface area contributed by atoms with Gasteiger partial charge in [0.25, 0.3) is 0 Å². The third-order valence-electron chi connectivity index (χ3n) is 6.90. The second-order valence-electron chi connectivity index (χ2n) is 9.24. The smallest absolute Gasteiger partial charge is 0.344 e. The van der Waals surface area contributed by atoms with Crippen LogP contribution in [-0.4, -0.2) is 42.6 Å². The Morgan fingerprint density at radius 1 is 1.22 bits per heavy atom. The van der Waals surface area contributed by atoms with E-state index in [1.165, 1.54) is 5.56 Å². The van der Waals surface area contributed by atoms with E-state index in [2.05, 4.69) is 19.6 Å². The van der Waals surface area contributed by atoms with E-state index in [9.17, 15) is 9.90 Å². The van der Waals surface area contributed by atoms with Crippen molar-refractivity contribution in [2.24, 2.45) is 11.8 Å². The molecule has 0 amide bonds. The molecule has 1 aromatic carbocycles. The van der Waals surface area contributed by atoms with Crippen molar-refractivity contribution in [3.63, 3.8) is 0 Å². The minimum absolute atomic E-state index is 0.327. The van der Waals surface area contributed by atoms with Gasteiger partial charge in [-0.1, -0.05) is 44.4 Å². The summed E-state index contributed by atoms with van der Waals surface area (Å²) in [6, 6.07) is 7.98. The lowest BCUT2D eigenvalue weighted by Gasteiger charge is -2.28. The number of carboxylic acids is 1. The van der Waals surface area contributed by atoms with Crippen LogP contribution in [-0.2, 0) is 20.7 Å². The SMILES string of the molecule is C=CCCOCCC1C2CCC(O2)C1Cc1cccc(OC(CCCCCC)C(=O)O)c1. The van der Waals surface area contributed by atoms with Gasteiger partial charge in [0.15, 0.2) is 6.10 Å². The number of carbonyl (C=O) groups is 1. The van der Waals surface area contributed by atoms with E-state index >= 15 is 0 Å². The predicted molar refractivity (Wildman–Crippen MR) is 126 cm³/mol. The molecule has 2 aliphatic rings. The largest absolute Gasteiger partial charge is 0.479 e. The molecule has 2 saturated heterocycles. The number of aliphatic carboxylic acids is 1. The first-order valence-electron chi connectivity index (χ1n) is 12.4. The van der Waals surface area contributed by atoms with E-state index in [4.69, 9.17) is 14.2 Å². The summed E-state index contributed by atoms with van der Waals surface area (Å²) < 4.78 is 17.9. The molecule has 0 saturated carbocycles. The van der Waals surface area contributed by atoms with Crippen LogP contribution in [0.3, 0.4) is 0 Å². The summed E-state index contributed by atoms with van der Waals surface area (Å²) in [6.07, 6.45) is 11.7. The molecule has 0 spiro atoms. The highest BCUT2D eigenvalue weighted by Crippen LogP contribution is 2.46. The molecule has 32 heavy (non-hydrogen) atoms. The molecule has 5 nitrogen and oxygen atoms in total. The topological polar surface area (TPSA) is 65.0 Å². The van der Waals surface area contributed by atoms with Crippen LogP contribution < -0.4 is 4.74 Å². The van der Waals surface area contributed by atoms with Gasteiger partial charge < -0.3 is 19.3 Å². The van der Waals surface area contributed by atoms with Crippen LogP contribution in [0.25, 0.3) is 0 Å².